The van der Waals surface area contributed by atoms with Crippen LogP contribution in [-0.2, 0) is 6.54 Å². The lowest BCUT2D eigenvalue weighted by molar-refractivity contribution is 0.218. The van der Waals surface area contributed by atoms with Crippen molar-refractivity contribution in [2.75, 3.05) is 7.05 Å². The van der Waals surface area contributed by atoms with E-state index in [9.17, 15) is 5.11 Å². The van der Waals surface area contributed by atoms with Crippen LogP contribution in [0.3, 0.4) is 0 Å². The van der Waals surface area contributed by atoms with E-state index in [0.717, 1.165) is 22.1 Å². The number of rotatable bonds is 5. The molecule has 0 spiro atoms. The molecule has 0 fully saturated rings. The second-order valence-electron chi connectivity index (χ2n) is 5.62. The third kappa shape index (κ3) is 4.29. The van der Waals surface area contributed by atoms with Crippen molar-refractivity contribution in [3.8, 4) is 5.75 Å². The number of benzene rings is 1. The van der Waals surface area contributed by atoms with Crippen LogP contribution in [0.25, 0.3) is 0 Å². The van der Waals surface area contributed by atoms with Crippen molar-refractivity contribution in [1.82, 2.24) is 4.90 Å². The number of aromatic hydroxyl groups is 1. The summed E-state index contributed by atoms with van der Waals surface area (Å²) < 4.78 is 1.03. The first-order valence-electron chi connectivity index (χ1n) is 6.49. The minimum atomic E-state index is 0.418. The van der Waals surface area contributed by atoms with Crippen LogP contribution in [0.2, 0.25) is 0 Å². The molecule has 1 atom stereocenters. The fourth-order valence-electron chi connectivity index (χ4n) is 2.21. The smallest absolute Gasteiger partial charge is 0.123 e. The number of hydrogen-bond donors (Lipinski definition) is 1. The van der Waals surface area contributed by atoms with E-state index in [-0.39, 0.29) is 0 Å². The summed E-state index contributed by atoms with van der Waals surface area (Å²) >= 11 is 3.48. The normalized spacial score (nSPS) is 13.3. The Morgan fingerprint density at radius 2 is 1.89 bits per heavy atom. The highest BCUT2D eigenvalue weighted by atomic mass is 79.9. The Morgan fingerprint density at radius 1 is 1.28 bits per heavy atom. The van der Waals surface area contributed by atoms with Gasteiger partial charge in [-0.05, 0) is 50.9 Å². The molecule has 2 nitrogen and oxygen atoms in total. The van der Waals surface area contributed by atoms with Crippen LogP contribution in [0.5, 0.6) is 5.75 Å². The largest absolute Gasteiger partial charge is 0.507 e. The van der Waals surface area contributed by atoms with Gasteiger partial charge >= 0.3 is 0 Å². The van der Waals surface area contributed by atoms with Gasteiger partial charge in [0.05, 0.1) is 0 Å². The number of halogens is 1. The molecule has 0 radical (unpaired) electrons. The van der Waals surface area contributed by atoms with E-state index in [0.29, 0.717) is 17.7 Å². The predicted octanol–water partition coefficient (Wildman–Crippen LogP) is 4.33. The highest BCUT2D eigenvalue weighted by Gasteiger charge is 2.14. The topological polar surface area (TPSA) is 23.5 Å². The molecule has 102 valence electrons. The van der Waals surface area contributed by atoms with Gasteiger partial charge in [0.25, 0.3) is 0 Å². The van der Waals surface area contributed by atoms with Gasteiger partial charge in [-0.1, -0.05) is 29.8 Å². The molecule has 18 heavy (non-hydrogen) atoms. The van der Waals surface area contributed by atoms with Crippen LogP contribution in [-0.4, -0.2) is 23.1 Å². The van der Waals surface area contributed by atoms with Crippen LogP contribution >= 0.6 is 15.9 Å². The van der Waals surface area contributed by atoms with Crippen molar-refractivity contribution in [3.05, 3.63) is 27.7 Å². The third-order valence-corrected chi connectivity index (χ3v) is 3.79. The monoisotopic (exact) mass is 313 g/mol. The molecule has 0 amide bonds. The number of hydrogen-bond acceptors (Lipinski definition) is 2. The fraction of sp³-hybridized carbons (Fsp3) is 0.600. The second-order valence-corrected chi connectivity index (χ2v) is 6.54. The SMILES string of the molecule is Cc1cc(Br)cc(CN(C)C(C)CC(C)C)c1O. The Morgan fingerprint density at radius 3 is 2.44 bits per heavy atom. The van der Waals surface area contributed by atoms with Gasteiger partial charge in [-0.2, -0.15) is 0 Å². The summed E-state index contributed by atoms with van der Waals surface area (Å²) in [5, 5.41) is 10.1. The first-order chi connectivity index (χ1) is 8.31. The first-order valence-corrected chi connectivity index (χ1v) is 7.28. The molecule has 3 heteroatoms. The molecule has 1 aromatic rings. The van der Waals surface area contributed by atoms with E-state index in [2.05, 4.69) is 48.6 Å². The standard InChI is InChI=1S/C15H24BrNO/c1-10(2)6-12(4)17(5)9-13-8-14(16)7-11(3)15(13)18/h7-8,10,12,18H,6,9H2,1-5H3. The van der Waals surface area contributed by atoms with Gasteiger partial charge in [-0.15, -0.1) is 0 Å². The molecule has 1 unspecified atom stereocenters. The van der Waals surface area contributed by atoms with Crippen molar-refractivity contribution in [2.24, 2.45) is 5.92 Å². The van der Waals surface area contributed by atoms with E-state index in [1.807, 2.05) is 19.1 Å². The fourth-order valence-corrected chi connectivity index (χ4v) is 2.83. The predicted molar refractivity (Wildman–Crippen MR) is 80.9 cm³/mol. The molecule has 0 aromatic heterocycles. The van der Waals surface area contributed by atoms with Gasteiger partial charge in [0, 0.05) is 22.6 Å². The van der Waals surface area contributed by atoms with E-state index < -0.39 is 0 Å². The number of nitrogens with zero attached hydrogens (tertiary/aromatic N) is 1. The maximum atomic E-state index is 10.1. The zero-order valence-corrected chi connectivity index (χ0v) is 13.6. The molecule has 0 saturated heterocycles. The average Bonchev–Trinajstić information content (AvgIpc) is 2.24. The first kappa shape index (κ1) is 15.5. The van der Waals surface area contributed by atoms with Crippen molar-refractivity contribution in [1.29, 1.82) is 0 Å². The van der Waals surface area contributed by atoms with Gasteiger partial charge in [0.1, 0.15) is 5.75 Å². The molecule has 0 aliphatic heterocycles. The Balaban J connectivity index is 2.78. The quantitative estimate of drug-likeness (QED) is 0.874. The maximum absolute atomic E-state index is 10.1. The maximum Gasteiger partial charge on any atom is 0.123 e. The lowest BCUT2D eigenvalue weighted by Gasteiger charge is -2.26. The minimum Gasteiger partial charge on any atom is -0.507 e. The Kier molecular flexibility index (Phi) is 5.67. The molecule has 0 bridgehead atoms. The molecule has 0 aliphatic rings. The average molecular weight is 314 g/mol. The van der Waals surface area contributed by atoms with Crippen molar-refractivity contribution in [2.45, 2.75) is 46.7 Å². The summed E-state index contributed by atoms with van der Waals surface area (Å²) in [6.07, 6.45) is 1.17. The molecule has 0 heterocycles. The minimum absolute atomic E-state index is 0.418. The Bertz CT molecular complexity index is 404. The number of phenols is 1. The molecule has 1 rings (SSSR count). The molecular formula is C15H24BrNO. The summed E-state index contributed by atoms with van der Waals surface area (Å²) in [5.74, 6) is 1.11. The molecular weight excluding hydrogens is 290 g/mol. The van der Waals surface area contributed by atoms with E-state index in [1.54, 1.807) is 0 Å². The van der Waals surface area contributed by atoms with Crippen LogP contribution in [0.15, 0.2) is 16.6 Å². The summed E-state index contributed by atoms with van der Waals surface area (Å²) in [5.41, 5.74) is 1.91. The summed E-state index contributed by atoms with van der Waals surface area (Å²) in [7, 11) is 2.11. The third-order valence-electron chi connectivity index (χ3n) is 3.33. The second kappa shape index (κ2) is 6.58. The molecule has 1 N–H and O–H groups in total. The highest BCUT2D eigenvalue weighted by Crippen LogP contribution is 2.28. The lowest BCUT2D eigenvalue weighted by atomic mass is 10.0. The van der Waals surface area contributed by atoms with E-state index >= 15 is 0 Å². The van der Waals surface area contributed by atoms with Crippen molar-refractivity contribution >= 4 is 15.9 Å². The van der Waals surface area contributed by atoms with Gasteiger partial charge in [0.15, 0.2) is 0 Å². The van der Waals surface area contributed by atoms with Crippen LogP contribution in [0, 0.1) is 12.8 Å². The summed E-state index contributed by atoms with van der Waals surface area (Å²) in [6, 6.07) is 4.46. The Hall–Kier alpha value is -0.540. The number of aryl methyl sites for hydroxylation is 1. The van der Waals surface area contributed by atoms with Gasteiger partial charge in [-0.3, -0.25) is 4.90 Å². The molecule has 0 aliphatic carbocycles. The van der Waals surface area contributed by atoms with Gasteiger partial charge in [-0.25, -0.2) is 0 Å². The van der Waals surface area contributed by atoms with E-state index in [4.69, 9.17) is 0 Å². The van der Waals surface area contributed by atoms with Crippen molar-refractivity contribution in [3.63, 3.8) is 0 Å². The van der Waals surface area contributed by atoms with E-state index in [1.165, 1.54) is 6.42 Å². The van der Waals surface area contributed by atoms with Crippen LogP contribution < -0.4 is 0 Å². The van der Waals surface area contributed by atoms with Crippen molar-refractivity contribution < 1.29 is 5.11 Å². The molecule has 1 aromatic carbocycles. The van der Waals surface area contributed by atoms with Gasteiger partial charge in [0.2, 0.25) is 0 Å². The van der Waals surface area contributed by atoms with Crippen LogP contribution in [0.1, 0.15) is 38.3 Å². The zero-order valence-electron chi connectivity index (χ0n) is 12.0. The Labute approximate surface area is 119 Å². The lowest BCUT2D eigenvalue weighted by Crippen LogP contribution is -2.29. The van der Waals surface area contributed by atoms with Crippen LogP contribution in [0.4, 0.5) is 0 Å². The molecule has 0 saturated carbocycles. The summed E-state index contributed by atoms with van der Waals surface area (Å²) in [6.45, 7) is 9.43. The van der Waals surface area contributed by atoms with Gasteiger partial charge < -0.3 is 5.11 Å². The zero-order chi connectivity index (χ0) is 13.9. The highest BCUT2D eigenvalue weighted by molar-refractivity contribution is 9.10. The summed E-state index contributed by atoms with van der Waals surface area (Å²) in [4.78, 5) is 2.29. The number of phenolic OH excluding ortho intramolecular Hbond substituents is 1.